The second-order valence-electron chi connectivity index (χ2n) is 7.42. The minimum absolute atomic E-state index is 0.104. The fourth-order valence-electron chi connectivity index (χ4n) is 3.50. The lowest BCUT2D eigenvalue weighted by molar-refractivity contribution is 0.0917. The van der Waals surface area contributed by atoms with Gasteiger partial charge in [0.15, 0.2) is 5.76 Å². The molecule has 5 aromatic rings. The van der Waals surface area contributed by atoms with Gasteiger partial charge in [0, 0.05) is 18.3 Å². The molecule has 0 atom stereocenters. The van der Waals surface area contributed by atoms with Crippen LogP contribution in [0.1, 0.15) is 16.1 Å². The number of aromatic nitrogens is 5. The first kappa shape index (κ1) is 21.2. The minimum atomic E-state index is -0.502. The molecule has 3 aromatic heterocycles. The Labute approximate surface area is 194 Å². The number of anilines is 1. The zero-order valence-corrected chi connectivity index (χ0v) is 17.9. The Morgan fingerprint density at radius 3 is 2.59 bits per heavy atom. The molecule has 8 nitrogen and oxygen atoms in total. The van der Waals surface area contributed by atoms with Crippen molar-refractivity contribution in [3.8, 4) is 22.6 Å². The van der Waals surface area contributed by atoms with Gasteiger partial charge in [-0.25, -0.2) is 14.4 Å². The lowest BCUT2D eigenvalue weighted by Crippen LogP contribution is -2.15. The van der Waals surface area contributed by atoms with Gasteiger partial charge < -0.3 is 9.73 Å². The van der Waals surface area contributed by atoms with Gasteiger partial charge >= 0.3 is 5.91 Å². The number of carbonyl (C=O) groups excluding carboxylic acids is 1. The van der Waals surface area contributed by atoms with Gasteiger partial charge in [0.25, 0.3) is 0 Å². The number of nitrogens with one attached hydrogen (secondary N) is 1. The smallest absolute Gasteiger partial charge is 0.315 e. The molecule has 0 aliphatic rings. The molecular formula is C25H19FN6O2. The zero-order valence-electron chi connectivity index (χ0n) is 17.9. The molecule has 0 saturated carbocycles. The summed E-state index contributed by atoms with van der Waals surface area (Å²) in [5.41, 5.74) is 2.94. The maximum absolute atomic E-state index is 13.5. The molecule has 5 rings (SSSR count). The van der Waals surface area contributed by atoms with E-state index in [0.717, 1.165) is 11.1 Å². The number of hydrogen-bond acceptors (Lipinski definition) is 7. The molecule has 0 radical (unpaired) electrons. The van der Waals surface area contributed by atoms with Gasteiger partial charge in [0.2, 0.25) is 5.95 Å². The average molecular weight is 454 g/mol. The Bertz CT molecular complexity index is 1400. The van der Waals surface area contributed by atoms with Crippen molar-refractivity contribution >= 4 is 11.9 Å². The maximum Gasteiger partial charge on any atom is 0.315 e. The van der Waals surface area contributed by atoms with E-state index in [1.54, 1.807) is 36.5 Å². The number of hydrogen-bond donors (Lipinski definition) is 1. The predicted octanol–water partition coefficient (Wildman–Crippen LogP) is 4.48. The van der Waals surface area contributed by atoms with Crippen molar-refractivity contribution in [1.29, 1.82) is 0 Å². The second kappa shape index (κ2) is 9.45. The van der Waals surface area contributed by atoms with Gasteiger partial charge in [0.1, 0.15) is 17.2 Å². The molecule has 1 N–H and O–H groups in total. The third kappa shape index (κ3) is 4.44. The quantitative estimate of drug-likeness (QED) is 0.387. The van der Waals surface area contributed by atoms with Crippen LogP contribution in [0, 0.1) is 5.82 Å². The van der Waals surface area contributed by atoms with Gasteiger partial charge in [0.05, 0.1) is 12.0 Å². The second-order valence-corrected chi connectivity index (χ2v) is 7.42. The lowest BCUT2D eigenvalue weighted by Gasteiger charge is -2.09. The number of benzene rings is 2. The molecule has 0 aliphatic carbocycles. The van der Waals surface area contributed by atoms with Crippen LogP contribution in [-0.4, -0.2) is 37.4 Å². The monoisotopic (exact) mass is 454 g/mol. The fraction of sp³-hybridized carbons (Fsp3) is 0.0800. The zero-order chi connectivity index (χ0) is 23.3. The normalized spacial score (nSPS) is 10.9. The molecule has 3 heterocycles. The van der Waals surface area contributed by atoms with Crippen LogP contribution in [0.5, 0.6) is 0 Å². The molecule has 34 heavy (non-hydrogen) atoms. The Morgan fingerprint density at radius 1 is 1.00 bits per heavy atom. The van der Waals surface area contributed by atoms with Gasteiger partial charge in [-0.15, -0.1) is 5.10 Å². The molecule has 0 unspecified atom stereocenters. The number of rotatable bonds is 7. The highest BCUT2D eigenvalue weighted by molar-refractivity contribution is 5.97. The van der Waals surface area contributed by atoms with Crippen molar-refractivity contribution < 1.29 is 13.6 Å². The van der Waals surface area contributed by atoms with E-state index in [2.05, 4.69) is 37.7 Å². The molecule has 0 spiro atoms. The topological polar surface area (TPSA) is 98.7 Å². The van der Waals surface area contributed by atoms with E-state index in [9.17, 15) is 9.18 Å². The fourth-order valence-corrected chi connectivity index (χ4v) is 3.50. The van der Waals surface area contributed by atoms with Gasteiger partial charge in [-0.2, -0.15) is 4.68 Å². The van der Waals surface area contributed by atoms with Crippen LogP contribution in [0.2, 0.25) is 0 Å². The lowest BCUT2D eigenvalue weighted by atomic mass is 10.1. The van der Waals surface area contributed by atoms with E-state index < -0.39 is 5.91 Å². The summed E-state index contributed by atoms with van der Waals surface area (Å²) in [6.45, 7) is 0.626. The van der Waals surface area contributed by atoms with Crippen LogP contribution < -0.4 is 5.32 Å². The van der Waals surface area contributed by atoms with Crippen LogP contribution in [0.15, 0.2) is 89.7 Å². The van der Waals surface area contributed by atoms with Crippen LogP contribution in [-0.2, 0) is 6.42 Å². The Morgan fingerprint density at radius 2 is 1.82 bits per heavy atom. The van der Waals surface area contributed by atoms with Crippen molar-refractivity contribution in [1.82, 2.24) is 25.0 Å². The van der Waals surface area contributed by atoms with Crippen LogP contribution in [0.4, 0.5) is 10.3 Å². The summed E-state index contributed by atoms with van der Waals surface area (Å²) in [7, 11) is 0. The summed E-state index contributed by atoms with van der Waals surface area (Å²) in [5, 5.41) is 11.5. The van der Waals surface area contributed by atoms with Crippen LogP contribution >= 0.6 is 0 Å². The molecule has 0 fully saturated rings. The first-order chi connectivity index (χ1) is 16.7. The molecule has 0 bridgehead atoms. The van der Waals surface area contributed by atoms with Crippen molar-refractivity contribution in [2.75, 3.05) is 11.9 Å². The number of nitrogens with zero attached hydrogens (tertiary/aromatic N) is 5. The van der Waals surface area contributed by atoms with Crippen LogP contribution in [0.25, 0.3) is 22.6 Å². The number of carbonyl (C=O) groups is 1. The summed E-state index contributed by atoms with van der Waals surface area (Å²) < 4.78 is 19.9. The number of furan rings is 1. The molecule has 0 saturated heterocycles. The SMILES string of the molecule is O=C(c1ccco1)n1nnc(-c2ccc(F)cc2)c1-c1ccnc(NCCc2ccccc2)n1. The van der Waals surface area contributed by atoms with E-state index in [1.807, 2.05) is 18.2 Å². The van der Waals surface area contributed by atoms with E-state index in [4.69, 9.17) is 4.42 Å². The van der Waals surface area contributed by atoms with E-state index in [-0.39, 0.29) is 11.6 Å². The summed E-state index contributed by atoms with van der Waals surface area (Å²) in [5.74, 6) is -0.377. The largest absolute Gasteiger partial charge is 0.459 e. The van der Waals surface area contributed by atoms with Crippen molar-refractivity contribution in [2.24, 2.45) is 0 Å². The predicted molar refractivity (Wildman–Crippen MR) is 124 cm³/mol. The minimum Gasteiger partial charge on any atom is -0.459 e. The highest BCUT2D eigenvalue weighted by Gasteiger charge is 2.24. The van der Waals surface area contributed by atoms with Crippen molar-refractivity contribution in [2.45, 2.75) is 6.42 Å². The maximum atomic E-state index is 13.5. The van der Waals surface area contributed by atoms with E-state index in [0.29, 0.717) is 35.1 Å². The molecule has 2 aromatic carbocycles. The molecule has 168 valence electrons. The molecule has 0 aliphatic heterocycles. The van der Waals surface area contributed by atoms with E-state index in [1.165, 1.54) is 24.0 Å². The number of halogens is 1. The summed E-state index contributed by atoms with van der Waals surface area (Å²) in [4.78, 5) is 21.9. The summed E-state index contributed by atoms with van der Waals surface area (Å²) in [6, 6.07) is 20.7. The van der Waals surface area contributed by atoms with Crippen LogP contribution in [0.3, 0.4) is 0 Å². The summed E-state index contributed by atoms with van der Waals surface area (Å²) in [6.07, 6.45) is 3.80. The highest BCUT2D eigenvalue weighted by Crippen LogP contribution is 2.30. The highest BCUT2D eigenvalue weighted by atomic mass is 19.1. The Kier molecular flexibility index (Phi) is 5.89. The van der Waals surface area contributed by atoms with E-state index >= 15 is 0 Å². The summed E-state index contributed by atoms with van der Waals surface area (Å²) >= 11 is 0. The van der Waals surface area contributed by atoms with Gasteiger partial charge in [-0.1, -0.05) is 35.5 Å². The third-order valence-corrected chi connectivity index (χ3v) is 5.15. The standard InChI is InChI=1S/C25H19FN6O2/c26-19-10-8-18(9-11-19)22-23(32(31-30-22)24(33)21-7-4-16-34-21)20-13-15-28-25(29-20)27-14-12-17-5-2-1-3-6-17/h1-11,13,15-16H,12,14H2,(H,27,28,29). The van der Waals surface area contributed by atoms with Gasteiger partial charge in [-0.05, 0) is 54.4 Å². The Balaban J connectivity index is 1.50. The first-order valence-corrected chi connectivity index (χ1v) is 10.6. The van der Waals surface area contributed by atoms with Crippen molar-refractivity contribution in [3.63, 3.8) is 0 Å². The first-order valence-electron chi connectivity index (χ1n) is 10.6. The molecular weight excluding hydrogens is 435 g/mol. The molecule has 9 heteroatoms. The van der Waals surface area contributed by atoms with Gasteiger partial charge in [-0.3, -0.25) is 4.79 Å². The molecule has 0 amide bonds. The Hall–Kier alpha value is -4.66. The van der Waals surface area contributed by atoms with Crippen molar-refractivity contribution in [3.05, 3.63) is 102 Å². The third-order valence-electron chi connectivity index (χ3n) is 5.15. The average Bonchev–Trinajstić information content (AvgIpc) is 3.56.